The van der Waals surface area contributed by atoms with Crippen LogP contribution in [0.5, 0.6) is 0 Å². The van der Waals surface area contributed by atoms with E-state index < -0.39 is 0 Å². The summed E-state index contributed by atoms with van der Waals surface area (Å²) in [5, 5.41) is 8.38. The summed E-state index contributed by atoms with van der Waals surface area (Å²) in [4.78, 5) is 5.69. The number of unbranched alkanes of at least 4 members (excludes halogenated alkanes) is 5. The molecule has 0 amide bonds. The quantitative estimate of drug-likeness (QED) is 0.419. The second-order valence-electron chi connectivity index (χ2n) is 4.21. The molecule has 0 unspecified atom stereocenters. The van der Waals surface area contributed by atoms with Crippen LogP contribution in [-0.4, -0.2) is 31.6 Å². The van der Waals surface area contributed by atoms with Crippen LogP contribution in [0.4, 0.5) is 0 Å². The molecule has 3 nitrogen and oxygen atoms in total. The van der Waals surface area contributed by atoms with Gasteiger partial charge in [-0.25, -0.2) is 6.57 Å². The fourth-order valence-corrected chi connectivity index (χ4v) is 1.62. The van der Waals surface area contributed by atoms with E-state index in [1.54, 1.807) is 0 Å². The molecule has 0 rings (SSSR count). The maximum Gasteiger partial charge on any atom is 0.214 e. The highest BCUT2D eigenvalue weighted by Crippen LogP contribution is 2.02. The van der Waals surface area contributed by atoms with E-state index >= 15 is 0 Å². The van der Waals surface area contributed by atoms with Crippen molar-refractivity contribution in [2.75, 3.05) is 26.7 Å². The second kappa shape index (κ2) is 12.0. The Kier molecular flexibility index (Phi) is 11.2. The molecule has 0 N–H and O–H groups in total. The van der Waals surface area contributed by atoms with Crippen LogP contribution in [0.2, 0.25) is 0 Å². The minimum Gasteiger partial charge on any atom is -0.317 e. The topological polar surface area (TPSA) is 31.4 Å². The average Bonchev–Trinajstić information content (AvgIpc) is 2.28. The van der Waals surface area contributed by atoms with E-state index in [-0.39, 0.29) is 0 Å². The molecule has 0 aliphatic rings. The molecule has 0 aromatic carbocycles. The molecular weight excluding hydrogens is 198 g/mol. The molecule has 0 aromatic rings. The van der Waals surface area contributed by atoms with Gasteiger partial charge in [0.1, 0.15) is 0 Å². The zero-order chi connectivity index (χ0) is 12.1. The summed E-state index contributed by atoms with van der Waals surface area (Å²) >= 11 is 0. The smallest absolute Gasteiger partial charge is 0.214 e. The lowest BCUT2D eigenvalue weighted by Gasteiger charge is -2.15. The SMILES string of the molecule is [C-]#[N+]CCCCCN(C)CCCCCC#N. The van der Waals surface area contributed by atoms with E-state index in [1.165, 1.54) is 19.3 Å². The standard InChI is InChI=1S/C13H23N3/c1-15-11-7-5-9-13-16(2)12-8-4-3-6-10-14/h3-9,11-13H2,2H3. The number of nitriles is 1. The molecule has 0 spiro atoms. The number of rotatable bonds is 10. The Balaban J connectivity index is 3.16. The van der Waals surface area contributed by atoms with Crippen molar-refractivity contribution in [2.45, 2.75) is 44.9 Å². The van der Waals surface area contributed by atoms with Gasteiger partial charge in [-0.15, -0.1) is 0 Å². The molecule has 0 heterocycles. The fourth-order valence-electron chi connectivity index (χ4n) is 1.62. The first-order chi connectivity index (χ1) is 7.81. The van der Waals surface area contributed by atoms with Crippen LogP contribution in [-0.2, 0) is 0 Å². The lowest BCUT2D eigenvalue weighted by Crippen LogP contribution is -2.20. The third-order valence-electron chi connectivity index (χ3n) is 2.64. The van der Waals surface area contributed by atoms with Crippen molar-refractivity contribution in [1.82, 2.24) is 4.90 Å². The molecular formula is C13H23N3. The first-order valence-electron chi connectivity index (χ1n) is 6.20. The maximum atomic E-state index is 8.38. The van der Waals surface area contributed by atoms with Gasteiger partial charge in [0, 0.05) is 12.8 Å². The molecule has 90 valence electrons. The first-order valence-corrected chi connectivity index (χ1v) is 6.20. The van der Waals surface area contributed by atoms with Gasteiger partial charge in [0.25, 0.3) is 0 Å². The summed E-state index contributed by atoms with van der Waals surface area (Å²) in [5.41, 5.74) is 0. The molecule has 0 atom stereocenters. The Morgan fingerprint density at radius 2 is 1.69 bits per heavy atom. The molecule has 0 aliphatic heterocycles. The molecule has 0 fully saturated rings. The van der Waals surface area contributed by atoms with Gasteiger partial charge in [-0.2, -0.15) is 5.26 Å². The molecule has 0 saturated carbocycles. The summed E-state index contributed by atoms with van der Waals surface area (Å²) in [7, 11) is 2.15. The van der Waals surface area contributed by atoms with Gasteiger partial charge in [-0.1, -0.05) is 6.42 Å². The molecule has 3 heteroatoms. The van der Waals surface area contributed by atoms with E-state index in [2.05, 4.69) is 22.9 Å². The normalized spacial score (nSPS) is 10.0. The summed E-state index contributed by atoms with van der Waals surface area (Å²) in [6.45, 7) is 9.61. The van der Waals surface area contributed by atoms with Gasteiger partial charge in [0.15, 0.2) is 0 Å². The van der Waals surface area contributed by atoms with E-state index in [1.807, 2.05) is 0 Å². The van der Waals surface area contributed by atoms with Crippen molar-refractivity contribution in [2.24, 2.45) is 0 Å². The van der Waals surface area contributed by atoms with Crippen LogP contribution >= 0.6 is 0 Å². The summed E-state index contributed by atoms with van der Waals surface area (Å²) < 4.78 is 0. The van der Waals surface area contributed by atoms with Crippen molar-refractivity contribution >= 4 is 0 Å². The zero-order valence-corrected chi connectivity index (χ0v) is 10.4. The predicted octanol–water partition coefficient (Wildman–Crippen LogP) is 3.09. The number of hydrogen-bond donors (Lipinski definition) is 0. The minimum absolute atomic E-state index is 0.678. The predicted molar refractivity (Wildman–Crippen MR) is 66.9 cm³/mol. The molecule has 0 saturated heterocycles. The maximum absolute atomic E-state index is 8.38. The van der Waals surface area contributed by atoms with Crippen LogP contribution in [0.1, 0.15) is 44.9 Å². The van der Waals surface area contributed by atoms with Crippen molar-refractivity contribution in [1.29, 1.82) is 5.26 Å². The van der Waals surface area contributed by atoms with Crippen LogP contribution < -0.4 is 0 Å². The Bertz CT molecular complexity index is 200. The van der Waals surface area contributed by atoms with Crippen LogP contribution in [0.3, 0.4) is 0 Å². The monoisotopic (exact) mass is 221 g/mol. The number of hydrogen-bond acceptors (Lipinski definition) is 2. The molecule has 0 aliphatic carbocycles. The number of nitrogens with zero attached hydrogens (tertiary/aromatic N) is 3. The molecule has 0 radical (unpaired) electrons. The minimum atomic E-state index is 0.678. The van der Waals surface area contributed by atoms with Gasteiger partial charge in [0.2, 0.25) is 6.54 Å². The van der Waals surface area contributed by atoms with Gasteiger partial charge >= 0.3 is 0 Å². The van der Waals surface area contributed by atoms with Crippen LogP contribution in [0.15, 0.2) is 0 Å². The largest absolute Gasteiger partial charge is 0.317 e. The Morgan fingerprint density at radius 3 is 2.25 bits per heavy atom. The van der Waals surface area contributed by atoms with E-state index in [0.29, 0.717) is 13.0 Å². The van der Waals surface area contributed by atoms with Gasteiger partial charge in [0.05, 0.1) is 6.07 Å². The van der Waals surface area contributed by atoms with Crippen LogP contribution in [0.25, 0.3) is 4.85 Å². The third-order valence-corrected chi connectivity index (χ3v) is 2.64. The first kappa shape index (κ1) is 14.9. The summed E-state index contributed by atoms with van der Waals surface area (Å²) in [6, 6.07) is 2.17. The Hall–Kier alpha value is -1.06. The summed E-state index contributed by atoms with van der Waals surface area (Å²) in [5.74, 6) is 0. The summed E-state index contributed by atoms with van der Waals surface area (Å²) in [6.07, 6.45) is 7.50. The zero-order valence-electron chi connectivity index (χ0n) is 10.4. The van der Waals surface area contributed by atoms with Gasteiger partial charge < -0.3 is 9.74 Å². The third kappa shape index (κ3) is 11.0. The lowest BCUT2D eigenvalue weighted by atomic mass is 10.2. The van der Waals surface area contributed by atoms with Crippen molar-refractivity contribution in [3.8, 4) is 6.07 Å². The highest BCUT2D eigenvalue weighted by atomic mass is 15.1. The Labute approximate surface area is 99.9 Å². The van der Waals surface area contributed by atoms with E-state index in [4.69, 9.17) is 11.8 Å². The van der Waals surface area contributed by atoms with Crippen molar-refractivity contribution in [3.05, 3.63) is 11.4 Å². The lowest BCUT2D eigenvalue weighted by molar-refractivity contribution is 0.316. The molecule has 0 aromatic heterocycles. The Morgan fingerprint density at radius 1 is 1.06 bits per heavy atom. The van der Waals surface area contributed by atoms with E-state index in [0.717, 1.165) is 32.4 Å². The molecule has 16 heavy (non-hydrogen) atoms. The highest BCUT2D eigenvalue weighted by molar-refractivity contribution is 4.68. The molecule has 0 bridgehead atoms. The second-order valence-corrected chi connectivity index (χ2v) is 4.21. The fraction of sp³-hybridized carbons (Fsp3) is 0.846. The average molecular weight is 221 g/mol. The van der Waals surface area contributed by atoms with Gasteiger partial charge in [-0.05, 0) is 45.8 Å². The van der Waals surface area contributed by atoms with Crippen LogP contribution in [0, 0.1) is 17.9 Å². The van der Waals surface area contributed by atoms with E-state index in [9.17, 15) is 0 Å². The highest BCUT2D eigenvalue weighted by Gasteiger charge is 1.98. The van der Waals surface area contributed by atoms with Crippen molar-refractivity contribution < 1.29 is 0 Å². The van der Waals surface area contributed by atoms with Crippen molar-refractivity contribution in [3.63, 3.8) is 0 Å². The van der Waals surface area contributed by atoms with Gasteiger partial charge in [-0.3, -0.25) is 0 Å².